The molecule has 246 valence electrons. The molecule has 0 heterocycles. The molecule has 0 saturated carbocycles. The zero-order valence-corrected chi connectivity index (χ0v) is 30.1. The van der Waals surface area contributed by atoms with Crippen molar-refractivity contribution >= 4 is 22.8 Å². The predicted octanol–water partition coefficient (Wildman–Crippen LogP) is 13.4. The maximum absolute atomic E-state index is 5.47. The summed E-state index contributed by atoms with van der Waals surface area (Å²) in [4.78, 5) is 10.9. The van der Waals surface area contributed by atoms with Crippen LogP contribution in [0.25, 0.3) is 0 Å². The summed E-state index contributed by atoms with van der Waals surface area (Å²) in [5, 5.41) is 0. The maximum Gasteiger partial charge on any atom is 0.0665 e. The van der Waals surface area contributed by atoms with E-state index < -0.39 is 0 Å². The maximum atomic E-state index is 5.47. The smallest absolute Gasteiger partial charge is 0.0665 e. The molecule has 0 spiro atoms. The van der Waals surface area contributed by atoms with Gasteiger partial charge in [-0.25, -0.2) is 0 Å². The van der Waals surface area contributed by atoms with Crippen LogP contribution in [0.2, 0.25) is 0 Å². The van der Waals surface area contributed by atoms with E-state index in [4.69, 9.17) is 9.98 Å². The van der Waals surface area contributed by atoms with Gasteiger partial charge in [0.1, 0.15) is 0 Å². The van der Waals surface area contributed by atoms with Crippen LogP contribution in [0.4, 0.5) is 11.4 Å². The van der Waals surface area contributed by atoms with Crippen molar-refractivity contribution in [2.45, 2.75) is 150 Å². The van der Waals surface area contributed by atoms with Crippen molar-refractivity contribution < 1.29 is 20.4 Å². The van der Waals surface area contributed by atoms with Crippen molar-refractivity contribution in [1.82, 2.24) is 0 Å². The van der Waals surface area contributed by atoms with Crippen LogP contribution in [0.15, 0.2) is 82.8 Å². The Labute approximate surface area is 285 Å². The monoisotopic (exact) mass is 688 g/mol. The molecule has 0 aliphatic rings. The Morgan fingerprint density at radius 3 is 1.39 bits per heavy atom. The van der Waals surface area contributed by atoms with Crippen LogP contribution in [-0.2, 0) is 33.3 Å². The second kappa shape index (κ2) is 27.3. The average Bonchev–Trinajstić information content (AvgIpc) is 3.03. The molecule has 44 heavy (non-hydrogen) atoms. The molecule has 0 aliphatic heterocycles. The Kier molecular flexibility index (Phi) is 24.7. The Morgan fingerprint density at radius 1 is 0.500 bits per heavy atom. The standard InChI is InChI=1S/C41H62N2.Pd/c1-5-9-13-16-19-23-35-41(43-39-33-27-25-31-37(39)29-22-18-15-11-7-3)40(34-20-12-8-4)42-38-32-26-24-30-36(38)28-21-17-14-10-6-2;/h10-11,14-15,24-27,30-33H,5-9,12-13,16-23,28-29,34-35H2,1-4H3;/b14-10+,15-11+,42-40+,43-41+;. The fraction of sp³-hybridized carbons (Fsp3) is 0.561. The van der Waals surface area contributed by atoms with Gasteiger partial charge in [-0.3, -0.25) is 9.98 Å². The number of aryl methyl sites for hydroxylation is 2. The number of nitrogens with zero attached hydrogens (tertiary/aromatic N) is 2. The molecular weight excluding hydrogens is 627 g/mol. The molecular formula is C41H62N2Pd. The molecule has 0 atom stereocenters. The largest absolute Gasteiger partial charge is 0.251 e. The molecule has 0 aromatic heterocycles. The summed E-state index contributed by atoms with van der Waals surface area (Å²) >= 11 is 0. The molecule has 0 radical (unpaired) electrons. The first kappa shape index (κ1) is 39.9. The number of benzene rings is 2. The first-order valence-electron chi connectivity index (χ1n) is 17.8. The van der Waals surface area contributed by atoms with Crippen LogP contribution in [0.5, 0.6) is 0 Å². The van der Waals surface area contributed by atoms with Gasteiger partial charge in [0.15, 0.2) is 0 Å². The van der Waals surface area contributed by atoms with Crippen molar-refractivity contribution in [3.05, 3.63) is 84.0 Å². The van der Waals surface area contributed by atoms with E-state index in [0.717, 1.165) is 75.6 Å². The van der Waals surface area contributed by atoms with E-state index in [0.29, 0.717) is 0 Å². The van der Waals surface area contributed by atoms with Crippen LogP contribution < -0.4 is 0 Å². The van der Waals surface area contributed by atoms with Gasteiger partial charge in [-0.1, -0.05) is 133 Å². The summed E-state index contributed by atoms with van der Waals surface area (Å²) in [5.41, 5.74) is 7.43. The Balaban J connectivity index is 0.00000968. The fourth-order valence-electron chi connectivity index (χ4n) is 5.49. The average molecular weight is 689 g/mol. The third-order valence-corrected chi connectivity index (χ3v) is 8.05. The molecule has 2 rings (SSSR count). The van der Waals surface area contributed by atoms with E-state index in [9.17, 15) is 0 Å². The molecule has 0 N–H and O–H groups in total. The molecule has 0 bridgehead atoms. The summed E-state index contributed by atoms with van der Waals surface area (Å²) in [5.74, 6) is 0. The van der Waals surface area contributed by atoms with Crippen molar-refractivity contribution in [2.75, 3.05) is 0 Å². The van der Waals surface area contributed by atoms with Gasteiger partial charge in [-0.2, -0.15) is 0 Å². The van der Waals surface area contributed by atoms with Crippen molar-refractivity contribution in [3.8, 4) is 0 Å². The molecule has 0 fully saturated rings. The van der Waals surface area contributed by atoms with Crippen LogP contribution in [-0.4, -0.2) is 11.4 Å². The summed E-state index contributed by atoms with van der Waals surface area (Å²) in [6, 6.07) is 17.6. The van der Waals surface area contributed by atoms with Gasteiger partial charge >= 0.3 is 0 Å². The zero-order valence-electron chi connectivity index (χ0n) is 28.6. The SMILES string of the molecule is CC/C=C/CCCc1ccccc1/N=C(CCCCC)/C(CCCCCCCC)=N/c1ccccc1CCC/C=C/CC.[Pd]. The van der Waals surface area contributed by atoms with Gasteiger partial charge in [-0.05, 0) is 100 Å². The molecule has 0 aliphatic carbocycles. The fourth-order valence-corrected chi connectivity index (χ4v) is 5.49. The summed E-state index contributed by atoms with van der Waals surface area (Å²) in [6.07, 6.45) is 31.5. The van der Waals surface area contributed by atoms with Gasteiger partial charge in [0.2, 0.25) is 0 Å². The number of hydrogen-bond donors (Lipinski definition) is 0. The molecule has 3 heteroatoms. The number of para-hydroxylation sites is 2. The molecule has 2 aromatic carbocycles. The van der Waals surface area contributed by atoms with Crippen molar-refractivity contribution in [2.24, 2.45) is 9.98 Å². The molecule has 0 saturated heterocycles. The molecule has 0 unspecified atom stereocenters. The van der Waals surface area contributed by atoms with Gasteiger partial charge in [0.25, 0.3) is 0 Å². The Bertz CT molecular complexity index is 1110. The summed E-state index contributed by atoms with van der Waals surface area (Å²) in [6.45, 7) is 8.99. The Hall–Kier alpha value is -2.08. The van der Waals surface area contributed by atoms with Crippen molar-refractivity contribution in [1.29, 1.82) is 0 Å². The molecule has 2 nitrogen and oxygen atoms in total. The van der Waals surface area contributed by atoms with E-state index in [1.54, 1.807) is 0 Å². The summed E-state index contributed by atoms with van der Waals surface area (Å²) < 4.78 is 0. The second-order valence-electron chi connectivity index (χ2n) is 11.9. The molecule has 2 aromatic rings. The first-order chi connectivity index (χ1) is 21.2. The van der Waals surface area contributed by atoms with Gasteiger partial charge in [0.05, 0.1) is 22.8 Å². The Morgan fingerprint density at radius 2 is 0.909 bits per heavy atom. The van der Waals surface area contributed by atoms with Gasteiger partial charge in [-0.15, -0.1) is 0 Å². The summed E-state index contributed by atoms with van der Waals surface area (Å²) in [7, 11) is 0. The van der Waals surface area contributed by atoms with E-state index in [1.165, 1.54) is 80.3 Å². The number of aliphatic imine (C=N–C) groups is 2. The van der Waals surface area contributed by atoms with Crippen LogP contribution in [0, 0.1) is 0 Å². The normalized spacial score (nSPS) is 12.4. The third-order valence-electron chi connectivity index (χ3n) is 8.05. The quantitative estimate of drug-likeness (QED) is 0.0454. The second-order valence-corrected chi connectivity index (χ2v) is 11.9. The van der Waals surface area contributed by atoms with Crippen LogP contribution in [0.1, 0.15) is 148 Å². The minimum absolute atomic E-state index is 0. The minimum Gasteiger partial charge on any atom is -0.251 e. The van der Waals surface area contributed by atoms with E-state index >= 15 is 0 Å². The zero-order chi connectivity index (χ0) is 30.8. The number of unbranched alkanes of at least 4 members (excludes halogenated alkanes) is 9. The predicted molar refractivity (Wildman–Crippen MR) is 194 cm³/mol. The third kappa shape index (κ3) is 17.4. The van der Waals surface area contributed by atoms with Gasteiger partial charge < -0.3 is 0 Å². The van der Waals surface area contributed by atoms with Gasteiger partial charge in [0, 0.05) is 20.4 Å². The topological polar surface area (TPSA) is 24.7 Å². The minimum atomic E-state index is 0. The number of hydrogen-bond acceptors (Lipinski definition) is 2. The van der Waals surface area contributed by atoms with Crippen LogP contribution >= 0.6 is 0 Å². The first-order valence-corrected chi connectivity index (χ1v) is 17.8. The van der Waals surface area contributed by atoms with E-state index in [-0.39, 0.29) is 20.4 Å². The molecule has 0 amide bonds. The van der Waals surface area contributed by atoms with Crippen molar-refractivity contribution in [3.63, 3.8) is 0 Å². The number of allylic oxidation sites excluding steroid dienone is 4. The number of rotatable bonds is 24. The van der Waals surface area contributed by atoms with E-state index in [1.807, 2.05) is 0 Å². The van der Waals surface area contributed by atoms with Crippen LogP contribution in [0.3, 0.4) is 0 Å². The van der Waals surface area contributed by atoms with E-state index in [2.05, 4.69) is 101 Å².